The molecule has 0 atom stereocenters. The van der Waals surface area contributed by atoms with Crippen LogP contribution in [0.2, 0.25) is 0 Å². The van der Waals surface area contributed by atoms with Gasteiger partial charge in [-0.25, -0.2) is 4.70 Å². The summed E-state index contributed by atoms with van der Waals surface area (Å²) >= 11 is 0. The SMILES string of the molecule is CCCCCC=Cc1cc(C=CCCCCC)cc(C2=C(CCCC)C(CCCCC)=C(c3cc(C=CCCCCC)cc(C=CCCCCC)c3)[N+]2=[N-])c1. The van der Waals surface area contributed by atoms with Crippen LogP contribution in [0.3, 0.4) is 0 Å². The maximum atomic E-state index is 12.7. The lowest BCUT2D eigenvalue weighted by atomic mass is 9.90. The smallest absolute Gasteiger partial charge is 0.211 e. The highest BCUT2D eigenvalue weighted by Crippen LogP contribution is 2.45. The fraction of sp³-hybridized carbons (Fsp3) is 0.547. The highest BCUT2D eigenvalue weighted by molar-refractivity contribution is 5.84. The highest BCUT2D eigenvalue weighted by atomic mass is 15.2. The summed E-state index contributed by atoms with van der Waals surface area (Å²) in [5.74, 6) is 0. The predicted octanol–water partition coefficient (Wildman–Crippen LogP) is 18.0. The Kier molecular flexibility index (Phi) is 23.3. The van der Waals surface area contributed by atoms with Crippen LogP contribution >= 0.6 is 0 Å². The molecule has 0 aliphatic carbocycles. The standard InChI is InChI=1S/C53H78N2/c1-7-13-19-23-28-32-44-38-45(33-29-24-20-14-8-2)41-48(40-44)52-50(36-18-12-6)51(37-27-17-11-5)53(55(52)54)49-42-46(34-30-25-21-15-9-3)39-47(43-49)35-31-26-22-16-10-4/h28-35,38-43H,7-27,36-37H2,1-6H3. The van der Waals surface area contributed by atoms with Crippen LogP contribution in [0.15, 0.2) is 71.8 Å². The third kappa shape index (κ3) is 16.2. The van der Waals surface area contributed by atoms with E-state index < -0.39 is 0 Å². The quantitative estimate of drug-likeness (QED) is 0.0586. The number of unbranched alkanes of at least 4 members (excludes halogenated alkanes) is 15. The van der Waals surface area contributed by atoms with Gasteiger partial charge in [0.1, 0.15) is 0 Å². The molecule has 0 N–H and O–H groups in total. The van der Waals surface area contributed by atoms with Crippen LogP contribution in [0, 0.1) is 0 Å². The van der Waals surface area contributed by atoms with Crippen LogP contribution in [0.5, 0.6) is 0 Å². The molecule has 0 bridgehead atoms. The summed E-state index contributed by atoms with van der Waals surface area (Å²) < 4.78 is 1.60. The number of nitrogens with zero attached hydrogens (tertiary/aromatic N) is 2. The van der Waals surface area contributed by atoms with Gasteiger partial charge in [0.15, 0.2) is 0 Å². The predicted molar refractivity (Wildman–Crippen MR) is 247 cm³/mol. The van der Waals surface area contributed by atoms with E-state index in [4.69, 9.17) is 0 Å². The van der Waals surface area contributed by atoms with Crippen LogP contribution in [0.25, 0.3) is 41.2 Å². The summed E-state index contributed by atoms with van der Waals surface area (Å²) in [6.45, 7) is 13.6. The normalized spacial score (nSPS) is 13.8. The second-order valence-corrected chi connectivity index (χ2v) is 15.9. The van der Waals surface area contributed by atoms with E-state index in [-0.39, 0.29) is 0 Å². The average molecular weight is 743 g/mol. The number of hydrogen-bond acceptors (Lipinski definition) is 0. The Hall–Kier alpha value is -3.52. The van der Waals surface area contributed by atoms with Gasteiger partial charge in [-0.05, 0) is 136 Å². The molecular formula is C53H78N2. The summed E-state index contributed by atoms with van der Waals surface area (Å²) in [5, 5.41) is 0. The van der Waals surface area contributed by atoms with E-state index in [0.29, 0.717) is 0 Å². The maximum absolute atomic E-state index is 12.7. The van der Waals surface area contributed by atoms with E-state index in [1.54, 1.807) is 4.70 Å². The summed E-state index contributed by atoms with van der Waals surface area (Å²) in [6, 6.07) is 13.9. The third-order valence-corrected chi connectivity index (χ3v) is 10.8. The van der Waals surface area contributed by atoms with Crippen molar-refractivity contribution in [3.63, 3.8) is 0 Å². The van der Waals surface area contributed by atoms with Gasteiger partial charge in [0.25, 0.3) is 0 Å². The van der Waals surface area contributed by atoms with Crippen molar-refractivity contribution < 1.29 is 4.70 Å². The first-order valence-corrected chi connectivity index (χ1v) is 22.9. The topological polar surface area (TPSA) is 25.3 Å². The molecule has 3 rings (SSSR count). The fourth-order valence-electron chi connectivity index (χ4n) is 7.63. The molecule has 1 heterocycles. The van der Waals surface area contributed by atoms with Gasteiger partial charge in [-0.2, -0.15) is 0 Å². The molecule has 0 saturated carbocycles. The first kappa shape index (κ1) is 45.9. The summed E-state index contributed by atoms with van der Waals surface area (Å²) in [7, 11) is 0. The molecule has 0 fully saturated rings. The molecule has 0 amide bonds. The second kappa shape index (κ2) is 28.0. The first-order valence-electron chi connectivity index (χ1n) is 22.9. The van der Waals surface area contributed by atoms with E-state index in [1.807, 2.05) is 0 Å². The summed E-state index contributed by atoms with van der Waals surface area (Å²) in [6.07, 6.45) is 45.6. The summed E-state index contributed by atoms with van der Waals surface area (Å²) in [4.78, 5) is 0. The molecule has 2 aromatic carbocycles. The molecule has 1 aliphatic rings. The van der Waals surface area contributed by atoms with E-state index in [9.17, 15) is 5.53 Å². The van der Waals surface area contributed by atoms with Gasteiger partial charge in [0, 0.05) is 22.3 Å². The minimum atomic E-state index is 0.967. The Bertz CT molecular complexity index is 1530. The van der Waals surface area contributed by atoms with Gasteiger partial charge < -0.3 is 5.53 Å². The molecule has 0 aromatic heterocycles. The molecule has 2 nitrogen and oxygen atoms in total. The maximum Gasteiger partial charge on any atom is 0.211 e. The van der Waals surface area contributed by atoms with E-state index in [0.717, 1.165) is 80.3 Å². The van der Waals surface area contributed by atoms with Crippen molar-refractivity contribution in [3.05, 3.63) is 111 Å². The van der Waals surface area contributed by atoms with Gasteiger partial charge in [-0.1, -0.05) is 161 Å². The minimum Gasteiger partial charge on any atom is -0.493 e. The van der Waals surface area contributed by atoms with Gasteiger partial charge in [0.2, 0.25) is 11.4 Å². The largest absolute Gasteiger partial charge is 0.493 e. The fourth-order valence-corrected chi connectivity index (χ4v) is 7.63. The average Bonchev–Trinajstić information content (AvgIpc) is 3.46. The molecule has 0 saturated heterocycles. The van der Waals surface area contributed by atoms with Crippen molar-refractivity contribution in [2.24, 2.45) is 0 Å². The minimum absolute atomic E-state index is 0.967. The van der Waals surface area contributed by atoms with Crippen LogP contribution in [0.4, 0.5) is 0 Å². The monoisotopic (exact) mass is 743 g/mol. The molecule has 55 heavy (non-hydrogen) atoms. The molecule has 2 heteroatoms. The Labute approximate surface area is 339 Å². The second-order valence-electron chi connectivity index (χ2n) is 15.9. The van der Waals surface area contributed by atoms with Crippen molar-refractivity contribution in [1.82, 2.24) is 0 Å². The van der Waals surface area contributed by atoms with E-state index in [2.05, 4.69) is 127 Å². The van der Waals surface area contributed by atoms with Crippen molar-refractivity contribution in [3.8, 4) is 0 Å². The van der Waals surface area contributed by atoms with Crippen LogP contribution in [-0.2, 0) is 0 Å². The summed E-state index contributed by atoms with van der Waals surface area (Å²) in [5.41, 5.74) is 24.4. The lowest BCUT2D eigenvalue weighted by molar-refractivity contribution is -0.345. The lowest BCUT2D eigenvalue weighted by Gasteiger charge is -2.13. The van der Waals surface area contributed by atoms with Crippen LogP contribution in [-0.4, -0.2) is 4.70 Å². The van der Waals surface area contributed by atoms with Gasteiger partial charge >= 0.3 is 0 Å². The third-order valence-electron chi connectivity index (χ3n) is 10.8. The molecular weight excluding hydrogens is 665 g/mol. The van der Waals surface area contributed by atoms with E-state index in [1.165, 1.54) is 123 Å². The molecule has 1 aliphatic heterocycles. The molecule has 300 valence electrons. The zero-order valence-corrected chi connectivity index (χ0v) is 36.2. The van der Waals surface area contributed by atoms with Crippen LogP contribution in [0.1, 0.15) is 223 Å². The van der Waals surface area contributed by atoms with Gasteiger partial charge in [-0.3, -0.25) is 0 Å². The first-order chi connectivity index (χ1) is 27.0. The Morgan fingerprint density at radius 3 is 0.982 bits per heavy atom. The number of benzene rings is 2. The number of allylic oxidation sites excluding steroid dienone is 6. The van der Waals surface area contributed by atoms with Crippen molar-refractivity contribution in [2.75, 3.05) is 0 Å². The molecule has 0 radical (unpaired) electrons. The number of rotatable bonds is 29. The van der Waals surface area contributed by atoms with Crippen LogP contribution < -0.4 is 0 Å². The zero-order valence-electron chi connectivity index (χ0n) is 36.2. The van der Waals surface area contributed by atoms with Crippen molar-refractivity contribution in [2.45, 2.75) is 189 Å². The van der Waals surface area contributed by atoms with Gasteiger partial charge in [0.05, 0.1) is 0 Å². The number of hydrogen-bond donors (Lipinski definition) is 0. The molecule has 0 spiro atoms. The lowest BCUT2D eigenvalue weighted by Crippen LogP contribution is -2.04. The zero-order chi connectivity index (χ0) is 39.5. The molecule has 2 aromatic rings. The van der Waals surface area contributed by atoms with E-state index >= 15 is 0 Å². The Balaban J connectivity index is 2.21. The van der Waals surface area contributed by atoms with Gasteiger partial charge in [-0.15, -0.1) is 0 Å². The Morgan fingerprint density at radius 1 is 0.382 bits per heavy atom. The Morgan fingerprint density at radius 2 is 0.673 bits per heavy atom. The molecule has 0 unspecified atom stereocenters. The van der Waals surface area contributed by atoms with Crippen molar-refractivity contribution >= 4 is 35.7 Å². The van der Waals surface area contributed by atoms with Crippen molar-refractivity contribution in [1.29, 1.82) is 0 Å². The highest BCUT2D eigenvalue weighted by Gasteiger charge is 2.35.